The largest absolute Gasteiger partial charge is 0.396 e. The van der Waals surface area contributed by atoms with Crippen molar-refractivity contribution in [2.75, 3.05) is 24.7 Å². The molecular weight excluding hydrogens is 234 g/mol. The highest BCUT2D eigenvalue weighted by Gasteiger charge is 2.28. The summed E-state index contributed by atoms with van der Waals surface area (Å²) in [5, 5.41) is 17.9. The molecule has 1 aliphatic heterocycles. The van der Waals surface area contributed by atoms with E-state index < -0.39 is 0 Å². The quantitative estimate of drug-likeness (QED) is 0.542. The molecule has 1 aliphatic rings. The van der Waals surface area contributed by atoms with Gasteiger partial charge in [0, 0.05) is 19.8 Å². The predicted molar refractivity (Wildman–Crippen MR) is 68.5 cm³/mol. The fraction of sp³-hybridized carbons (Fsp3) is 0.636. The van der Waals surface area contributed by atoms with Gasteiger partial charge in [0.1, 0.15) is 17.7 Å². The van der Waals surface area contributed by atoms with Gasteiger partial charge in [-0.1, -0.05) is 0 Å². The lowest BCUT2D eigenvalue weighted by molar-refractivity contribution is 0.274. The zero-order valence-electron chi connectivity index (χ0n) is 10.2. The van der Waals surface area contributed by atoms with Gasteiger partial charge in [-0.25, -0.2) is 9.98 Å². The fourth-order valence-corrected chi connectivity index (χ4v) is 2.12. The molecule has 1 aromatic rings. The molecule has 7 heteroatoms. The van der Waals surface area contributed by atoms with Crippen molar-refractivity contribution in [3.8, 4) is 0 Å². The maximum absolute atomic E-state index is 8.95. The van der Waals surface area contributed by atoms with Gasteiger partial charge in [0.15, 0.2) is 5.82 Å². The molecule has 1 aromatic heterocycles. The first-order chi connectivity index (χ1) is 8.77. The highest BCUT2D eigenvalue weighted by atomic mass is 16.3. The van der Waals surface area contributed by atoms with Gasteiger partial charge in [0.2, 0.25) is 0 Å². The van der Waals surface area contributed by atoms with Crippen molar-refractivity contribution in [3.63, 3.8) is 0 Å². The van der Waals surface area contributed by atoms with E-state index >= 15 is 0 Å². The van der Waals surface area contributed by atoms with E-state index in [0.717, 1.165) is 17.9 Å². The van der Waals surface area contributed by atoms with Gasteiger partial charge in [-0.2, -0.15) is 0 Å². The Kier molecular flexibility index (Phi) is 4.16. The highest BCUT2D eigenvalue weighted by Crippen LogP contribution is 2.26. The molecule has 0 saturated carbocycles. The Morgan fingerprint density at radius 2 is 2.11 bits per heavy atom. The van der Waals surface area contributed by atoms with Crippen molar-refractivity contribution in [3.05, 3.63) is 12.0 Å². The van der Waals surface area contributed by atoms with Crippen LogP contribution in [0, 0.1) is 0 Å². The highest BCUT2D eigenvalue weighted by molar-refractivity contribution is 6.01. The normalized spacial score (nSPS) is 18.7. The van der Waals surface area contributed by atoms with Gasteiger partial charge in [0.05, 0.1) is 6.33 Å². The third kappa shape index (κ3) is 2.46. The second-order valence-electron chi connectivity index (χ2n) is 4.23. The van der Waals surface area contributed by atoms with E-state index in [1.54, 1.807) is 6.33 Å². The summed E-state index contributed by atoms with van der Waals surface area (Å²) in [6.07, 6.45) is 3.51. The Morgan fingerprint density at radius 1 is 1.33 bits per heavy atom. The lowest BCUT2D eigenvalue weighted by Crippen LogP contribution is -2.42. The summed E-state index contributed by atoms with van der Waals surface area (Å²) in [5.74, 6) is 1.23. The number of aliphatic imine (C=N–C) groups is 1. The summed E-state index contributed by atoms with van der Waals surface area (Å²) >= 11 is 0. The molecule has 0 amide bonds. The van der Waals surface area contributed by atoms with Crippen LogP contribution < -0.4 is 10.6 Å². The minimum atomic E-state index is -0.112. The molecule has 2 heterocycles. The summed E-state index contributed by atoms with van der Waals surface area (Å²) in [7, 11) is 0. The summed E-state index contributed by atoms with van der Waals surface area (Å²) in [4.78, 5) is 13.7. The number of nitrogens with zero attached hydrogens (tertiary/aromatic N) is 3. The summed E-state index contributed by atoms with van der Waals surface area (Å²) in [5.41, 5.74) is 6.61. The average Bonchev–Trinajstić information content (AvgIpc) is 2.85. The van der Waals surface area contributed by atoms with Crippen LogP contribution in [0.2, 0.25) is 0 Å². The van der Waals surface area contributed by atoms with Gasteiger partial charge in [-0.05, 0) is 19.3 Å². The van der Waals surface area contributed by atoms with Crippen molar-refractivity contribution < 1.29 is 10.2 Å². The molecular formula is C11H19N5O2. The Morgan fingerprint density at radius 3 is 2.83 bits per heavy atom. The number of anilines is 1. The number of aromatic amines is 1. The topological polar surface area (TPSA) is 111 Å². The smallest absolute Gasteiger partial charge is 0.159 e. The molecule has 0 bridgehead atoms. The average molecular weight is 253 g/mol. The maximum atomic E-state index is 8.95. The molecule has 100 valence electrons. The SMILES string of the molecule is NC1=N[C@@H](CCCO)N(CCCO)c2nc[nH]c21. The molecule has 0 aromatic carbocycles. The van der Waals surface area contributed by atoms with Crippen LogP contribution in [0.5, 0.6) is 0 Å². The van der Waals surface area contributed by atoms with Crippen molar-refractivity contribution >= 4 is 11.7 Å². The number of hydrogen-bond acceptors (Lipinski definition) is 6. The Labute approximate surface area is 105 Å². The van der Waals surface area contributed by atoms with Crippen molar-refractivity contribution in [2.45, 2.75) is 25.4 Å². The van der Waals surface area contributed by atoms with E-state index in [2.05, 4.69) is 15.0 Å². The van der Waals surface area contributed by atoms with Gasteiger partial charge in [0.25, 0.3) is 0 Å². The number of aliphatic hydroxyl groups excluding tert-OH is 2. The van der Waals surface area contributed by atoms with Crippen LogP contribution >= 0.6 is 0 Å². The van der Waals surface area contributed by atoms with Crippen molar-refractivity contribution in [2.24, 2.45) is 10.7 Å². The molecule has 0 unspecified atom stereocenters. The van der Waals surface area contributed by atoms with Crippen LogP contribution in [0.15, 0.2) is 11.3 Å². The number of nitrogens with one attached hydrogen (secondary N) is 1. The van der Waals surface area contributed by atoms with Crippen LogP contribution in [0.25, 0.3) is 0 Å². The molecule has 2 rings (SSSR count). The van der Waals surface area contributed by atoms with Gasteiger partial charge in [-0.3, -0.25) is 0 Å². The maximum Gasteiger partial charge on any atom is 0.159 e. The Hall–Kier alpha value is -1.60. The monoisotopic (exact) mass is 253 g/mol. The number of aliphatic hydroxyl groups is 2. The molecule has 0 spiro atoms. The molecule has 5 N–H and O–H groups in total. The van der Waals surface area contributed by atoms with E-state index in [1.165, 1.54) is 0 Å². The first kappa shape index (κ1) is 12.8. The summed E-state index contributed by atoms with van der Waals surface area (Å²) in [6.45, 7) is 0.927. The zero-order chi connectivity index (χ0) is 13.0. The van der Waals surface area contributed by atoms with Crippen LogP contribution in [0.4, 0.5) is 5.82 Å². The van der Waals surface area contributed by atoms with E-state index in [1.807, 2.05) is 4.90 Å². The minimum absolute atomic E-state index is 0.112. The molecule has 18 heavy (non-hydrogen) atoms. The number of imidazole rings is 1. The lowest BCUT2D eigenvalue weighted by Gasteiger charge is -2.33. The molecule has 1 atom stereocenters. The van der Waals surface area contributed by atoms with Gasteiger partial charge < -0.3 is 25.8 Å². The molecule has 0 saturated heterocycles. The van der Waals surface area contributed by atoms with Gasteiger partial charge in [-0.15, -0.1) is 0 Å². The third-order valence-electron chi connectivity index (χ3n) is 2.97. The summed E-state index contributed by atoms with van der Waals surface area (Å²) < 4.78 is 0. The molecule has 7 nitrogen and oxygen atoms in total. The van der Waals surface area contributed by atoms with Crippen LogP contribution in [0.1, 0.15) is 25.0 Å². The number of aromatic nitrogens is 2. The minimum Gasteiger partial charge on any atom is -0.396 e. The van der Waals surface area contributed by atoms with Crippen LogP contribution in [-0.4, -0.2) is 51.9 Å². The van der Waals surface area contributed by atoms with E-state index in [4.69, 9.17) is 15.9 Å². The number of amidine groups is 1. The first-order valence-corrected chi connectivity index (χ1v) is 6.13. The predicted octanol–water partition coefficient (Wildman–Crippen LogP) is -0.584. The lowest BCUT2D eigenvalue weighted by atomic mass is 10.2. The second-order valence-corrected chi connectivity index (χ2v) is 4.23. The number of rotatable bonds is 6. The Balaban J connectivity index is 2.20. The third-order valence-corrected chi connectivity index (χ3v) is 2.97. The fourth-order valence-electron chi connectivity index (χ4n) is 2.12. The van der Waals surface area contributed by atoms with E-state index in [0.29, 0.717) is 25.2 Å². The van der Waals surface area contributed by atoms with Gasteiger partial charge >= 0.3 is 0 Å². The number of hydrogen-bond donors (Lipinski definition) is 4. The second kappa shape index (κ2) is 5.83. The summed E-state index contributed by atoms with van der Waals surface area (Å²) in [6, 6.07) is 0. The molecule has 0 aliphatic carbocycles. The van der Waals surface area contributed by atoms with Crippen molar-refractivity contribution in [1.29, 1.82) is 0 Å². The standard InChI is InChI=1S/C11H19N5O2/c12-10-9-11(14-7-13-9)16(4-2-6-18)8(15-10)3-1-5-17/h7-8,17-18H,1-6H2,(H2,12,15)(H,13,14)/t8-/m1/s1. The van der Waals surface area contributed by atoms with Crippen LogP contribution in [-0.2, 0) is 0 Å². The van der Waals surface area contributed by atoms with E-state index in [-0.39, 0.29) is 19.4 Å². The van der Waals surface area contributed by atoms with Crippen LogP contribution in [0.3, 0.4) is 0 Å². The number of fused-ring (bicyclic) bond motifs is 1. The number of H-pyrrole nitrogens is 1. The van der Waals surface area contributed by atoms with Crippen molar-refractivity contribution in [1.82, 2.24) is 9.97 Å². The van der Waals surface area contributed by atoms with E-state index in [9.17, 15) is 0 Å². The number of nitrogens with two attached hydrogens (primary N) is 1. The molecule has 0 radical (unpaired) electrons. The molecule has 0 fully saturated rings. The first-order valence-electron chi connectivity index (χ1n) is 6.13. The Bertz CT molecular complexity index is 417. The zero-order valence-corrected chi connectivity index (χ0v) is 10.2.